The van der Waals surface area contributed by atoms with Gasteiger partial charge in [-0.3, -0.25) is 4.79 Å². The number of benzene rings is 1. The van der Waals surface area contributed by atoms with Crippen LogP contribution in [0.4, 0.5) is 5.82 Å². The number of pyridine rings is 1. The number of allylic oxidation sites excluding steroid dienone is 1. The van der Waals surface area contributed by atoms with Gasteiger partial charge in [-0.05, 0) is 29.7 Å². The van der Waals surface area contributed by atoms with Gasteiger partial charge >= 0.3 is 0 Å². The van der Waals surface area contributed by atoms with E-state index in [1.54, 1.807) is 6.20 Å². The van der Waals surface area contributed by atoms with Gasteiger partial charge in [0.05, 0.1) is 11.4 Å². The van der Waals surface area contributed by atoms with Crippen LogP contribution in [0.5, 0.6) is 0 Å². The second kappa shape index (κ2) is 9.56. The maximum Gasteiger partial charge on any atom is 0.227 e. The summed E-state index contributed by atoms with van der Waals surface area (Å²) in [5, 5.41) is 0.658. The molecular formula is C22H26ClN3O. The number of halogens is 1. The highest BCUT2D eigenvalue weighted by molar-refractivity contribution is 6.32. The summed E-state index contributed by atoms with van der Waals surface area (Å²) < 4.78 is 0. The molecule has 0 N–H and O–H groups in total. The second-order valence-corrected chi connectivity index (χ2v) is 7.19. The van der Waals surface area contributed by atoms with Crippen LogP contribution in [-0.2, 0) is 11.2 Å². The Labute approximate surface area is 166 Å². The van der Waals surface area contributed by atoms with Crippen LogP contribution in [0.25, 0.3) is 6.08 Å². The van der Waals surface area contributed by atoms with Crippen molar-refractivity contribution in [3.05, 3.63) is 64.8 Å². The standard InChI is InChI=1S/C22H26ClN3O/c1-2-3-4-6-18-8-10-19(11-9-18)17-21(27)25-13-15-26(16-14-25)22-20(23)7-5-12-24-22/h4-12H,2-3,13-17H2,1H3/b6-4+. The molecule has 1 aliphatic rings. The Morgan fingerprint density at radius 3 is 2.56 bits per heavy atom. The van der Waals surface area contributed by atoms with Crippen molar-refractivity contribution in [2.45, 2.75) is 26.2 Å². The van der Waals surface area contributed by atoms with Crippen LogP contribution in [0.15, 0.2) is 48.7 Å². The molecule has 0 bridgehead atoms. The topological polar surface area (TPSA) is 36.4 Å². The monoisotopic (exact) mass is 383 g/mol. The van der Waals surface area contributed by atoms with Crippen LogP contribution in [0.3, 0.4) is 0 Å². The van der Waals surface area contributed by atoms with Gasteiger partial charge < -0.3 is 9.80 Å². The average molecular weight is 384 g/mol. The quantitative estimate of drug-likeness (QED) is 0.739. The number of piperazine rings is 1. The summed E-state index contributed by atoms with van der Waals surface area (Å²) in [6.45, 7) is 5.07. The van der Waals surface area contributed by atoms with Gasteiger partial charge in [0.15, 0.2) is 0 Å². The molecule has 1 fully saturated rings. The highest BCUT2D eigenvalue weighted by atomic mass is 35.5. The maximum atomic E-state index is 12.6. The van der Waals surface area contributed by atoms with Crippen LogP contribution in [0, 0.1) is 0 Å². The number of aromatic nitrogens is 1. The Balaban J connectivity index is 1.51. The smallest absolute Gasteiger partial charge is 0.227 e. The van der Waals surface area contributed by atoms with Gasteiger partial charge in [0, 0.05) is 32.4 Å². The summed E-state index contributed by atoms with van der Waals surface area (Å²) in [4.78, 5) is 21.1. The molecule has 1 aliphatic heterocycles. The van der Waals surface area contributed by atoms with E-state index < -0.39 is 0 Å². The minimum absolute atomic E-state index is 0.177. The fourth-order valence-corrected chi connectivity index (χ4v) is 3.44. The molecule has 0 radical (unpaired) electrons. The third-order valence-electron chi connectivity index (χ3n) is 4.77. The third-order valence-corrected chi connectivity index (χ3v) is 5.07. The summed E-state index contributed by atoms with van der Waals surface area (Å²) in [7, 11) is 0. The molecular weight excluding hydrogens is 358 g/mol. The van der Waals surface area contributed by atoms with Crippen LogP contribution in [0.2, 0.25) is 5.02 Å². The molecule has 1 aromatic heterocycles. The average Bonchev–Trinajstić information content (AvgIpc) is 2.70. The number of amides is 1. The second-order valence-electron chi connectivity index (χ2n) is 6.79. The minimum Gasteiger partial charge on any atom is -0.352 e. The number of unbranched alkanes of at least 4 members (excludes halogenated alkanes) is 1. The van der Waals surface area contributed by atoms with Gasteiger partial charge in [-0.1, -0.05) is 61.4 Å². The van der Waals surface area contributed by atoms with Gasteiger partial charge in [0.25, 0.3) is 0 Å². The lowest BCUT2D eigenvalue weighted by Crippen LogP contribution is -2.49. The summed E-state index contributed by atoms with van der Waals surface area (Å²) in [6.07, 6.45) is 8.77. The SMILES string of the molecule is CCC/C=C/c1ccc(CC(=O)N2CCN(c3ncccc3Cl)CC2)cc1. The summed E-state index contributed by atoms with van der Waals surface area (Å²) in [5.74, 6) is 0.981. The van der Waals surface area contributed by atoms with Gasteiger partial charge in [0.2, 0.25) is 5.91 Å². The Morgan fingerprint density at radius 1 is 1.15 bits per heavy atom. The fraction of sp³-hybridized carbons (Fsp3) is 0.364. The highest BCUT2D eigenvalue weighted by Crippen LogP contribution is 2.23. The Morgan fingerprint density at radius 2 is 1.89 bits per heavy atom. The molecule has 4 nitrogen and oxygen atoms in total. The van der Waals surface area contributed by atoms with E-state index in [2.05, 4.69) is 41.1 Å². The Kier molecular flexibility index (Phi) is 6.88. The molecule has 0 atom stereocenters. The number of carbonyl (C=O) groups excluding carboxylic acids is 1. The number of anilines is 1. The van der Waals surface area contributed by atoms with Crippen molar-refractivity contribution in [3.8, 4) is 0 Å². The van der Waals surface area contributed by atoms with Crippen molar-refractivity contribution in [1.29, 1.82) is 0 Å². The first-order valence-electron chi connectivity index (χ1n) is 9.56. The van der Waals surface area contributed by atoms with Gasteiger partial charge in [-0.2, -0.15) is 0 Å². The molecule has 5 heteroatoms. The zero-order chi connectivity index (χ0) is 19.1. The first kappa shape index (κ1) is 19.4. The summed E-state index contributed by atoms with van der Waals surface area (Å²) in [5.41, 5.74) is 2.24. The molecule has 2 heterocycles. The van der Waals surface area contributed by atoms with Crippen molar-refractivity contribution in [2.24, 2.45) is 0 Å². The normalized spacial score (nSPS) is 14.7. The Bertz CT molecular complexity index is 780. The molecule has 0 saturated carbocycles. The predicted molar refractivity (Wildman–Crippen MR) is 112 cm³/mol. The lowest BCUT2D eigenvalue weighted by Gasteiger charge is -2.35. The predicted octanol–water partition coefficient (Wildman–Crippen LogP) is 4.44. The lowest BCUT2D eigenvalue weighted by atomic mass is 10.1. The largest absolute Gasteiger partial charge is 0.352 e. The molecule has 1 amide bonds. The van der Waals surface area contributed by atoms with Gasteiger partial charge in [-0.25, -0.2) is 4.98 Å². The van der Waals surface area contributed by atoms with Crippen LogP contribution >= 0.6 is 11.6 Å². The van der Waals surface area contributed by atoms with Crippen LogP contribution in [-0.4, -0.2) is 42.0 Å². The van der Waals surface area contributed by atoms with E-state index in [9.17, 15) is 4.79 Å². The van der Waals surface area contributed by atoms with E-state index in [1.165, 1.54) is 5.56 Å². The van der Waals surface area contributed by atoms with E-state index in [0.717, 1.165) is 37.3 Å². The van der Waals surface area contributed by atoms with Crippen molar-refractivity contribution < 1.29 is 4.79 Å². The third kappa shape index (κ3) is 5.33. The number of rotatable bonds is 6. The minimum atomic E-state index is 0.177. The van der Waals surface area contributed by atoms with E-state index in [4.69, 9.17) is 11.6 Å². The first-order valence-corrected chi connectivity index (χ1v) is 9.94. The molecule has 0 spiro atoms. The molecule has 142 valence electrons. The van der Waals surface area contributed by atoms with Crippen LogP contribution < -0.4 is 4.90 Å². The first-order chi connectivity index (χ1) is 13.2. The van der Waals surface area contributed by atoms with E-state index in [-0.39, 0.29) is 5.91 Å². The molecule has 0 aliphatic carbocycles. The van der Waals surface area contributed by atoms with E-state index in [1.807, 2.05) is 29.2 Å². The summed E-state index contributed by atoms with van der Waals surface area (Å²) >= 11 is 6.23. The number of carbonyl (C=O) groups is 1. The summed E-state index contributed by atoms with van der Waals surface area (Å²) in [6, 6.07) is 11.9. The van der Waals surface area contributed by atoms with Crippen molar-refractivity contribution in [1.82, 2.24) is 9.88 Å². The van der Waals surface area contributed by atoms with Crippen LogP contribution in [0.1, 0.15) is 30.9 Å². The molecule has 3 rings (SSSR count). The number of nitrogens with zero attached hydrogens (tertiary/aromatic N) is 3. The molecule has 0 unspecified atom stereocenters. The molecule has 1 saturated heterocycles. The van der Waals surface area contributed by atoms with E-state index >= 15 is 0 Å². The highest BCUT2D eigenvalue weighted by Gasteiger charge is 2.23. The molecule has 1 aromatic carbocycles. The zero-order valence-corrected chi connectivity index (χ0v) is 16.5. The van der Waals surface area contributed by atoms with E-state index in [0.29, 0.717) is 24.5 Å². The number of hydrogen-bond donors (Lipinski definition) is 0. The van der Waals surface area contributed by atoms with Crippen molar-refractivity contribution in [3.63, 3.8) is 0 Å². The van der Waals surface area contributed by atoms with Crippen molar-refractivity contribution in [2.75, 3.05) is 31.1 Å². The van der Waals surface area contributed by atoms with Gasteiger partial charge in [-0.15, -0.1) is 0 Å². The van der Waals surface area contributed by atoms with Gasteiger partial charge in [0.1, 0.15) is 5.82 Å². The molecule has 27 heavy (non-hydrogen) atoms. The maximum absolute atomic E-state index is 12.6. The Hall–Kier alpha value is -2.33. The number of hydrogen-bond acceptors (Lipinski definition) is 3. The molecule has 2 aromatic rings. The fourth-order valence-electron chi connectivity index (χ4n) is 3.20. The lowest BCUT2D eigenvalue weighted by molar-refractivity contribution is -0.130. The van der Waals surface area contributed by atoms with Crippen molar-refractivity contribution >= 4 is 29.4 Å². The zero-order valence-electron chi connectivity index (χ0n) is 15.8.